The fourth-order valence-electron chi connectivity index (χ4n) is 1.55. The molecule has 1 saturated heterocycles. The lowest BCUT2D eigenvalue weighted by Gasteiger charge is -2.27. The SMILES string of the molecule is CC(=O)Nc1nnc(S(=O)(=O)N2CCOC(C#N)C2)s1. The third-order valence-corrected chi connectivity index (χ3v) is 5.47. The molecule has 1 aliphatic rings. The highest BCUT2D eigenvalue weighted by atomic mass is 32.2. The molecule has 9 nitrogen and oxygen atoms in total. The van der Waals surface area contributed by atoms with Gasteiger partial charge in [0.25, 0.3) is 10.0 Å². The summed E-state index contributed by atoms with van der Waals surface area (Å²) in [5.41, 5.74) is 0. The van der Waals surface area contributed by atoms with Crippen LogP contribution in [0.25, 0.3) is 0 Å². The van der Waals surface area contributed by atoms with E-state index in [0.717, 1.165) is 15.6 Å². The van der Waals surface area contributed by atoms with Crippen LogP contribution in [0.2, 0.25) is 0 Å². The number of nitrogens with one attached hydrogen (secondary N) is 1. The van der Waals surface area contributed by atoms with Crippen LogP contribution in [0, 0.1) is 11.3 Å². The van der Waals surface area contributed by atoms with Crippen molar-refractivity contribution in [2.45, 2.75) is 17.4 Å². The molecule has 1 aromatic heterocycles. The minimum atomic E-state index is -3.82. The van der Waals surface area contributed by atoms with Crippen molar-refractivity contribution in [1.29, 1.82) is 5.26 Å². The molecule has 1 N–H and O–H groups in total. The van der Waals surface area contributed by atoms with Crippen LogP contribution in [0.3, 0.4) is 0 Å². The summed E-state index contributed by atoms with van der Waals surface area (Å²) in [5.74, 6) is -0.360. The number of amides is 1. The minimum Gasteiger partial charge on any atom is -0.361 e. The predicted molar refractivity (Wildman–Crippen MR) is 68.3 cm³/mol. The smallest absolute Gasteiger partial charge is 0.272 e. The van der Waals surface area contributed by atoms with Crippen LogP contribution in [0.5, 0.6) is 0 Å². The Labute approximate surface area is 119 Å². The van der Waals surface area contributed by atoms with Crippen LogP contribution in [-0.2, 0) is 19.6 Å². The van der Waals surface area contributed by atoms with Crippen molar-refractivity contribution >= 4 is 32.4 Å². The zero-order valence-corrected chi connectivity index (χ0v) is 12.1. The summed E-state index contributed by atoms with van der Waals surface area (Å²) in [7, 11) is -3.82. The topological polar surface area (TPSA) is 125 Å². The number of carbonyl (C=O) groups is 1. The largest absolute Gasteiger partial charge is 0.361 e. The van der Waals surface area contributed by atoms with Gasteiger partial charge < -0.3 is 10.1 Å². The Morgan fingerprint density at radius 3 is 3.00 bits per heavy atom. The van der Waals surface area contributed by atoms with E-state index in [4.69, 9.17) is 10.00 Å². The van der Waals surface area contributed by atoms with E-state index in [2.05, 4.69) is 15.5 Å². The normalized spacial score (nSPS) is 20.3. The van der Waals surface area contributed by atoms with Gasteiger partial charge in [-0.25, -0.2) is 8.42 Å². The Kier molecular flexibility index (Phi) is 4.29. The summed E-state index contributed by atoms with van der Waals surface area (Å²) in [6, 6.07) is 1.87. The number of anilines is 1. The standard InChI is InChI=1S/C9H11N5O4S2/c1-6(15)11-8-12-13-9(19-8)20(16,17)14-2-3-18-7(4-10)5-14/h7H,2-3,5H2,1H3,(H,11,12,15). The molecule has 1 unspecified atom stereocenters. The summed E-state index contributed by atoms with van der Waals surface area (Å²) in [6.07, 6.45) is -0.790. The lowest BCUT2D eigenvalue weighted by atomic mass is 10.3. The fourth-order valence-corrected chi connectivity index (χ4v) is 4.06. The molecular weight excluding hydrogens is 306 g/mol. The van der Waals surface area contributed by atoms with Gasteiger partial charge in [-0.2, -0.15) is 9.57 Å². The number of nitriles is 1. The highest BCUT2D eigenvalue weighted by Gasteiger charge is 2.33. The van der Waals surface area contributed by atoms with Crippen molar-refractivity contribution in [3.8, 4) is 6.07 Å². The van der Waals surface area contributed by atoms with Crippen LogP contribution in [0.15, 0.2) is 4.34 Å². The van der Waals surface area contributed by atoms with Crippen molar-refractivity contribution in [2.24, 2.45) is 0 Å². The van der Waals surface area contributed by atoms with Crippen LogP contribution >= 0.6 is 11.3 Å². The zero-order valence-electron chi connectivity index (χ0n) is 10.4. The molecule has 0 aromatic carbocycles. The van der Waals surface area contributed by atoms with E-state index in [0.29, 0.717) is 0 Å². The zero-order chi connectivity index (χ0) is 14.8. The number of morpholine rings is 1. The molecule has 108 valence electrons. The van der Waals surface area contributed by atoms with Gasteiger partial charge in [-0.3, -0.25) is 4.79 Å². The number of aromatic nitrogens is 2. The number of rotatable bonds is 3. The van der Waals surface area contributed by atoms with Crippen LogP contribution < -0.4 is 5.32 Å². The maximum absolute atomic E-state index is 12.3. The highest BCUT2D eigenvalue weighted by Crippen LogP contribution is 2.24. The first-order valence-corrected chi connectivity index (χ1v) is 7.81. The first-order chi connectivity index (χ1) is 9.43. The molecule has 1 amide bonds. The van der Waals surface area contributed by atoms with E-state index in [-0.39, 0.29) is 35.1 Å². The van der Waals surface area contributed by atoms with Gasteiger partial charge in [-0.05, 0) is 0 Å². The van der Waals surface area contributed by atoms with Gasteiger partial charge in [0.05, 0.1) is 19.2 Å². The number of ether oxygens (including phenoxy) is 1. The molecule has 0 saturated carbocycles. The summed E-state index contributed by atoms with van der Waals surface area (Å²) in [5, 5.41) is 18.4. The molecule has 2 rings (SSSR count). The third-order valence-electron chi connectivity index (χ3n) is 2.42. The average molecular weight is 317 g/mol. The predicted octanol–water partition coefficient (Wildman–Crippen LogP) is -0.590. The van der Waals surface area contributed by atoms with Crippen LogP contribution in [-0.4, -0.2) is 54.6 Å². The van der Waals surface area contributed by atoms with E-state index >= 15 is 0 Å². The maximum atomic E-state index is 12.3. The third kappa shape index (κ3) is 3.10. The minimum absolute atomic E-state index is 0.0477. The van der Waals surface area contributed by atoms with Gasteiger partial charge in [-0.15, -0.1) is 10.2 Å². The Balaban J connectivity index is 2.19. The first kappa shape index (κ1) is 14.8. The average Bonchev–Trinajstić information content (AvgIpc) is 2.87. The summed E-state index contributed by atoms with van der Waals surface area (Å²) in [6.45, 7) is 1.54. The van der Waals surface area contributed by atoms with Gasteiger partial charge in [0.1, 0.15) is 0 Å². The molecular formula is C9H11N5O4S2. The maximum Gasteiger partial charge on any atom is 0.272 e. The summed E-state index contributed by atoms with van der Waals surface area (Å²) in [4.78, 5) is 10.9. The quantitative estimate of drug-likeness (QED) is 0.738. The molecule has 20 heavy (non-hydrogen) atoms. The monoisotopic (exact) mass is 317 g/mol. The Bertz CT molecular complexity index is 650. The molecule has 0 bridgehead atoms. The number of carbonyl (C=O) groups excluding carboxylic acids is 1. The van der Waals surface area contributed by atoms with Gasteiger partial charge >= 0.3 is 0 Å². The first-order valence-electron chi connectivity index (χ1n) is 5.56. The summed E-state index contributed by atoms with van der Waals surface area (Å²) >= 11 is 0.763. The molecule has 1 aliphatic heterocycles. The highest BCUT2D eigenvalue weighted by molar-refractivity contribution is 7.91. The second-order valence-electron chi connectivity index (χ2n) is 3.91. The number of sulfonamides is 1. The van der Waals surface area contributed by atoms with Crippen molar-refractivity contribution in [3.63, 3.8) is 0 Å². The number of hydrogen-bond acceptors (Lipinski definition) is 8. The van der Waals surface area contributed by atoms with E-state index < -0.39 is 16.1 Å². The second kappa shape index (κ2) is 5.80. The second-order valence-corrected chi connectivity index (χ2v) is 7.00. The van der Waals surface area contributed by atoms with Gasteiger partial charge in [0, 0.05) is 13.5 Å². The van der Waals surface area contributed by atoms with E-state index in [1.165, 1.54) is 6.92 Å². The van der Waals surface area contributed by atoms with Gasteiger partial charge in [0.2, 0.25) is 15.4 Å². The molecule has 0 radical (unpaired) electrons. The van der Waals surface area contributed by atoms with Crippen LogP contribution in [0.4, 0.5) is 5.13 Å². The Morgan fingerprint density at radius 2 is 2.35 bits per heavy atom. The molecule has 1 aromatic rings. The number of hydrogen-bond donors (Lipinski definition) is 1. The Morgan fingerprint density at radius 1 is 1.60 bits per heavy atom. The van der Waals surface area contributed by atoms with E-state index in [1.54, 1.807) is 0 Å². The van der Waals surface area contributed by atoms with Gasteiger partial charge in [0.15, 0.2) is 6.10 Å². The molecule has 1 atom stereocenters. The fraction of sp³-hybridized carbons (Fsp3) is 0.556. The molecule has 0 aliphatic carbocycles. The summed E-state index contributed by atoms with van der Waals surface area (Å²) < 4.78 is 30.6. The van der Waals surface area contributed by atoms with Crippen molar-refractivity contribution in [1.82, 2.24) is 14.5 Å². The Hall–Kier alpha value is -1.61. The number of nitrogens with zero attached hydrogens (tertiary/aromatic N) is 4. The lowest BCUT2D eigenvalue weighted by molar-refractivity contribution is -0.114. The molecule has 2 heterocycles. The van der Waals surface area contributed by atoms with Crippen molar-refractivity contribution < 1.29 is 17.9 Å². The molecule has 1 fully saturated rings. The molecule has 11 heteroatoms. The van der Waals surface area contributed by atoms with Crippen molar-refractivity contribution in [2.75, 3.05) is 25.0 Å². The van der Waals surface area contributed by atoms with E-state index in [9.17, 15) is 13.2 Å². The van der Waals surface area contributed by atoms with Gasteiger partial charge in [-0.1, -0.05) is 11.3 Å². The van der Waals surface area contributed by atoms with E-state index in [1.807, 2.05) is 6.07 Å². The lowest BCUT2D eigenvalue weighted by Crippen LogP contribution is -2.44. The van der Waals surface area contributed by atoms with Crippen LogP contribution in [0.1, 0.15) is 6.92 Å². The van der Waals surface area contributed by atoms with Crippen molar-refractivity contribution in [3.05, 3.63) is 0 Å². The molecule has 0 spiro atoms.